The normalized spacial score (nSPS) is 12.6. The minimum absolute atomic E-state index is 0.00646. The van der Waals surface area contributed by atoms with Gasteiger partial charge in [-0.2, -0.15) is 13.5 Å². The molecule has 30 heteroatoms. The molecule has 0 atom stereocenters. The number of nitrogens with one attached hydrogen (secondary N) is 1. The molecule has 0 heterocycles. The van der Waals surface area contributed by atoms with E-state index in [9.17, 15) is 34.9 Å². The predicted octanol–water partition coefficient (Wildman–Crippen LogP) is 6.61. The first-order valence-electron chi connectivity index (χ1n) is 14.9. The Labute approximate surface area is 334 Å². The van der Waals surface area contributed by atoms with Crippen LogP contribution < -0.4 is 5.32 Å². The molecule has 0 fully saturated rings. The van der Waals surface area contributed by atoms with Gasteiger partial charge in [-0.1, -0.05) is 27.2 Å². The number of fused-ring (bicyclic) bond motifs is 1. The largest absolute Gasteiger partial charge is 0.505 e. The van der Waals surface area contributed by atoms with Crippen molar-refractivity contribution >= 4 is 106 Å². The molecule has 4 rings (SSSR count). The van der Waals surface area contributed by atoms with E-state index in [-0.39, 0.29) is 85.1 Å². The second kappa shape index (κ2) is 21.9. The number of aromatic hydroxyl groups is 1. The average molecular weight is 918 g/mol. The smallest absolute Gasteiger partial charge is 0.283 e. The Morgan fingerprint density at radius 1 is 0.667 bits per heavy atom. The summed E-state index contributed by atoms with van der Waals surface area (Å²) < 4.78 is 106. The number of hydrogen-bond donors (Lipinski definition) is 6. The Morgan fingerprint density at radius 3 is 1.91 bits per heavy atom. The minimum atomic E-state index is -4.60. The maximum Gasteiger partial charge on any atom is 0.283 e. The quantitative estimate of drug-likeness (QED) is 0.0107. The topological polar surface area (TPSA) is 339 Å². The molecule has 4 aromatic carbocycles. The molecule has 0 aliphatic carbocycles. The van der Waals surface area contributed by atoms with Gasteiger partial charge in [-0.15, -0.1) is 28.3 Å². The standard InChI is InChI=1S/C27H27N5O19S6/c33-27-19-9-10-22(28-16-57(41,42)43)25(31-30-21-3-1-2-4-24(21)56(39,40)14-12-45-54-51-48-36)20(19)15-23(52-49-46-34)26(27)32-29-17-5-7-18(8-6-17)55(37,38)13-11-44-53-50-47-35/h1-10,15,28,33-36H,11-14,16H2,(H,41,42,43). The summed E-state index contributed by atoms with van der Waals surface area (Å²) in [7, 11) is -12.5. The van der Waals surface area contributed by atoms with Crippen LogP contribution in [0.2, 0.25) is 0 Å². The van der Waals surface area contributed by atoms with E-state index in [1.165, 1.54) is 66.7 Å². The molecule has 0 unspecified atom stereocenters. The van der Waals surface area contributed by atoms with Crippen LogP contribution in [0, 0.1) is 0 Å². The first-order valence-corrected chi connectivity index (χ1v) is 21.9. The van der Waals surface area contributed by atoms with E-state index in [1.54, 1.807) is 0 Å². The van der Waals surface area contributed by atoms with Crippen molar-refractivity contribution in [3.05, 3.63) is 66.7 Å². The zero-order chi connectivity index (χ0) is 41.5. The summed E-state index contributed by atoms with van der Waals surface area (Å²) in [5.41, 5.74) is -0.579. The van der Waals surface area contributed by atoms with Crippen LogP contribution in [0.15, 0.2) is 102 Å². The number of benzene rings is 4. The lowest BCUT2D eigenvalue weighted by Gasteiger charge is -2.14. The van der Waals surface area contributed by atoms with Crippen LogP contribution in [0.4, 0.5) is 28.4 Å². The number of nitrogens with zero attached hydrogens (tertiary/aromatic N) is 4. The Bertz CT molecular complexity index is 2370. The van der Waals surface area contributed by atoms with Crippen LogP contribution in [-0.2, 0) is 66.3 Å². The van der Waals surface area contributed by atoms with Gasteiger partial charge in [0.15, 0.2) is 50.1 Å². The lowest BCUT2D eigenvalue weighted by atomic mass is 10.1. The number of sulfone groups is 2. The van der Waals surface area contributed by atoms with Crippen LogP contribution in [0.1, 0.15) is 0 Å². The maximum atomic E-state index is 13.1. The first-order chi connectivity index (χ1) is 27.2. The second-order valence-corrected chi connectivity index (χ2v) is 17.7. The van der Waals surface area contributed by atoms with Gasteiger partial charge in [0.25, 0.3) is 10.1 Å². The highest BCUT2D eigenvalue weighted by Gasteiger charge is 2.22. The number of phenolic OH excluding ortho intramolecular Hbond substituents is 1. The molecule has 0 radical (unpaired) electrons. The van der Waals surface area contributed by atoms with Gasteiger partial charge >= 0.3 is 0 Å². The molecular weight excluding hydrogens is 891 g/mol. The van der Waals surface area contributed by atoms with Crippen molar-refractivity contribution in [1.82, 2.24) is 0 Å². The fourth-order valence-electron chi connectivity index (χ4n) is 4.42. The van der Waals surface area contributed by atoms with Gasteiger partial charge in [0.05, 0.1) is 62.8 Å². The molecule has 0 aliphatic heterocycles. The molecule has 0 saturated carbocycles. The summed E-state index contributed by atoms with van der Waals surface area (Å²) in [6.07, 6.45) is 0. The summed E-state index contributed by atoms with van der Waals surface area (Å²) in [5.74, 6) is -2.60. The van der Waals surface area contributed by atoms with Crippen LogP contribution in [0.3, 0.4) is 0 Å². The van der Waals surface area contributed by atoms with E-state index in [1.807, 2.05) is 0 Å². The van der Waals surface area contributed by atoms with Crippen LogP contribution in [-0.4, -0.2) is 81.3 Å². The highest BCUT2D eigenvalue weighted by Crippen LogP contribution is 2.48. The zero-order valence-electron chi connectivity index (χ0n) is 28.1. The Morgan fingerprint density at radius 2 is 1.28 bits per heavy atom. The summed E-state index contributed by atoms with van der Waals surface area (Å²) >= 11 is 0.729. The monoisotopic (exact) mass is 917 g/mol. The third-order valence-electron chi connectivity index (χ3n) is 6.81. The molecule has 24 nitrogen and oxygen atoms in total. The van der Waals surface area contributed by atoms with E-state index in [0.29, 0.717) is 12.0 Å². The fraction of sp³-hybridized carbons (Fsp3) is 0.185. The van der Waals surface area contributed by atoms with Gasteiger partial charge in [-0.05, 0) is 54.6 Å². The molecule has 0 bridgehead atoms. The molecule has 0 spiro atoms. The molecule has 0 amide bonds. The number of azo groups is 2. The highest BCUT2D eigenvalue weighted by atomic mass is 32.2. The van der Waals surface area contributed by atoms with Gasteiger partial charge in [0, 0.05) is 10.8 Å². The van der Waals surface area contributed by atoms with Gasteiger partial charge < -0.3 is 10.4 Å². The number of rotatable bonds is 24. The van der Waals surface area contributed by atoms with Crippen molar-refractivity contribution in [3.63, 3.8) is 0 Å². The Balaban J connectivity index is 1.75. The molecule has 310 valence electrons. The molecule has 0 aromatic heterocycles. The number of phenols is 1. The van der Waals surface area contributed by atoms with Crippen molar-refractivity contribution in [2.45, 2.75) is 14.7 Å². The van der Waals surface area contributed by atoms with Crippen molar-refractivity contribution in [2.75, 3.05) is 35.9 Å². The van der Waals surface area contributed by atoms with Crippen molar-refractivity contribution < 1.29 is 87.2 Å². The third-order valence-corrected chi connectivity index (χ3v) is 12.1. The lowest BCUT2D eigenvalue weighted by Crippen LogP contribution is -2.13. The highest BCUT2D eigenvalue weighted by molar-refractivity contribution is 7.94. The predicted molar refractivity (Wildman–Crippen MR) is 198 cm³/mol. The van der Waals surface area contributed by atoms with Gasteiger partial charge in [-0.25, -0.2) is 32.6 Å². The molecule has 6 N–H and O–H groups in total. The van der Waals surface area contributed by atoms with Crippen LogP contribution in [0.25, 0.3) is 10.8 Å². The van der Waals surface area contributed by atoms with Crippen LogP contribution >= 0.6 is 36.7 Å². The zero-order valence-corrected chi connectivity index (χ0v) is 33.0. The van der Waals surface area contributed by atoms with Crippen molar-refractivity contribution in [1.29, 1.82) is 0 Å². The summed E-state index contributed by atoms with van der Waals surface area (Å²) in [6.45, 7) is -0.720. The Hall–Kier alpha value is -3.64. The van der Waals surface area contributed by atoms with E-state index < -0.39 is 59.5 Å². The van der Waals surface area contributed by atoms with Crippen LogP contribution in [0.5, 0.6) is 5.75 Å². The van der Waals surface area contributed by atoms with Gasteiger partial charge in [-0.3, -0.25) is 12.9 Å². The molecule has 0 aliphatic rings. The third kappa shape index (κ3) is 13.7. The summed E-state index contributed by atoms with van der Waals surface area (Å²) in [4.78, 5) is -0.477. The molecular formula is C27H27N5O19S6. The van der Waals surface area contributed by atoms with E-state index >= 15 is 0 Å². The van der Waals surface area contributed by atoms with E-state index in [4.69, 9.17) is 24.1 Å². The van der Waals surface area contributed by atoms with E-state index in [2.05, 4.69) is 53.9 Å². The fourth-order valence-corrected chi connectivity index (χ4v) is 8.21. The van der Waals surface area contributed by atoms with Gasteiger partial charge in [0.1, 0.15) is 22.9 Å². The molecule has 57 heavy (non-hydrogen) atoms. The SMILES string of the molecule is O=S(=O)(O)CNc1ccc2c(O)c(N=Nc3ccc(S(=O)(=O)CCOSOOO)cc3)c(SOOO)cc2c1N=Nc1ccccc1S(=O)(=O)CCOSOOO. The van der Waals surface area contributed by atoms with E-state index in [0.717, 1.165) is 0 Å². The number of hydrogen-bond acceptors (Lipinski definition) is 26. The first kappa shape index (κ1) is 46.1. The Kier molecular flexibility index (Phi) is 17.7. The average Bonchev–Trinajstić information content (AvgIpc) is 3.18. The van der Waals surface area contributed by atoms with Crippen molar-refractivity contribution in [2.24, 2.45) is 20.5 Å². The van der Waals surface area contributed by atoms with Crippen molar-refractivity contribution in [3.8, 4) is 5.75 Å². The maximum absolute atomic E-state index is 13.1. The lowest BCUT2D eigenvalue weighted by molar-refractivity contribution is -0.434. The minimum Gasteiger partial charge on any atom is -0.505 e. The summed E-state index contributed by atoms with van der Waals surface area (Å²) in [6, 6.07) is 14.4. The molecule has 0 saturated heterocycles. The number of anilines is 1. The molecule has 4 aromatic rings. The summed E-state index contributed by atoms with van der Waals surface area (Å²) in [5, 5.41) is 65.9. The second-order valence-electron chi connectivity index (χ2n) is 10.3. The van der Waals surface area contributed by atoms with Gasteiger partial charge in [0.2, 0.25) is 0 Å².